The first-order valence-electron chi connectivity index (χ1n) is 5.01. The van der Waals surface area contributed by atoms with Gasteiger partial charge in [-0.05, 0) is 29.7 Å². The van der Waals surface area contributed by atoms with E-state index in [9.17, 15) is 4.79 Å². The van der Waals surface area contributed by atoms with E-state index in [1.54, 1.807) is 6.20 Å². The van der Waals surface area contributed by atoms with Crippen LogP contribution >= 0.6 is 0 Å². The summed E-state index contributed by atoms with van der Waals surface area (Å²) in [4.78, 5) is 15.2. The highest BCUT2D eigenvalue weighted by molar-refractivity contribution is 5.94. The molecule has 0 aliphatic rings. The molecule has 0 radical (unpaired) electrons. The highest BCUT2D eigenvalue weighted by Gasteiger charge is 2.10. The lowest BCUT2D eigenvalue weighted by molar-refractivity contribution is 0.0995. The van der Waals surface area contributed by atoms with Crippen LogP contribution in [0, 0.1) is 6.92 Å². The molecule has 0 spiro atoms. The maximum absolute atomic E-state index is 11.2. The maximum Gasteiger partial charge on any atom is 0.267 e. The van der Waals surface area contributed by atoms with Crippen molar-refractivity contribution in [1.29, 1.82) is 0 Å². The minimum atomic E-state index is -0.490. The molecule has 0 saturated heterocycles. The minimum Gasteiger partial charge on any atom is -0.364 e. The monoisotopic (exact) mass is 212 g/mol. The van der Waals surface area contributed by atoms with Crippen molar-refractivity contribution in [2.24, 2.45) is 5.73 Å². The summed E-state index contributed by atoms with van der Waals surface area (Å²) in [6.07, 6.45) is 1.61. The summed E-state index contributed by atoms with van der Waals surface area (Å²) in [5, 5.41) is 0. The SMILES string of the molecule is Cc1c(-c2ccccc2)ccnc1C(N)=O. The Kier molecular flexibility index (Phi) is 2.68. The molecule has 0 bridgehead atoms. The molecule has 0 aliphatic heterocycles. The Morgan fingerprint density at radius 2 is 1.88 bits per heavy atom. The van der Waals surface area contributed by atoms with Crippen molar-refractivity contribution in [2.45, 2.75) is 6.92 Å². The van der Waals surface area contributed by atoms with Gasteiger partial charge in [0, 0.05) is 6.20 Å². The van der Waals surface area contributed by atoms with Crippen molar-refractivity contribution in [1.82, 2.24) is 4.98 Å². The van der Waals surface area contributed by atoms with Crippen LogP contribution in [0.5, 0.6) is 0 Å². The van der Waals surface area contributed by atoms with E-state index in [1.807, 2.05) is 43.3 Å². The van der Waals surface area contributed by atoms with E-state index in [0.717, 1.165) is 16.7 Å². The quantitative estimate of drug-likeness (QED) is 0.829. The molecule has 0 atom stereocenters. The van der Waals surface area contributed by atoms with Crippen molar-refractivity contribution in [3.05, 3.63) is 53.9 Å². The number of pyridine rings is 1. The summed E-state index contributed by atoms with van der Waals surface area (Å²) in [5.74, 6) is -0.490. The number of nitrogens with two attached hydrogens (primary N) is 1. The molecule has 3 nitrogen and oxygen atoms in total. The van der Waals surface area contributed by atoms with Gasteiger partial charge in [0.1, 0.15) is 5.69 Å². The molecule has 2 aromatic rings. The number of aromatic nitrogens is 1. The molecule has 0 unspecified atom stereocenters. The second kappa shape index (κ2) is 4.14. The molecule has 2 N–H and O–H groups in total. The summed E-state index contributed by atoms with van der Waals surface area (Å²) in [6.45, 7) is 1.86. The van der Waals surface area contributed by atoms with Crippen molar-refractivity contribution >= 4 is 5.91 Å². The number of carbonyl (C=O) groups is 1. The van der Waals surface area contributed by atoms with Crippen LogP contribution in [0.1, 0.15) is 16.1 Å². The van der Waals surface area contributed by atoms with Crippen molar-refractivity contribution in [2.75, 3.05) is 0 Å². The molecule has 1 aromatic carbocycles. The van der Waals surface area contributed by atoms with Gasteiger partial charge < -0.3 is 5.73 Å². The largest absolute Gasteiger partial charge is 0.364 e. The Morgan fingerprint density at radius 3 is 2.50 bits per heavy atom. The number of benzene rings is 1. The first-order valence-corrected chi connectivity index (χ1v) is 5.01. The number of hydrogen-bond donors (Lipinski definition) is 1. The van der Waals surface area contributed by atoms with E-state index in [2.05, 4.69) is 4.98 Å². The molecule has 1 aromatic heterocycles. The van der Waals surface area contributed by atoms with E-state index < -0.39 is 5.91 Å². The zero-order chi connectivity index (χ0) is 11.5. The third kappa shape index (κ3) is 1.80. The lowest BCUT2D eigenvalue weighted by Crippen LogP contribution is -2.15. The second-order valence-electron chi connectivity index (χ2n) is 3.56. The lowest BCUT2D eigenvalue weighted by Gasteiger charge is -2.08. The number of carbonyl (C=O) groups excluding carboxylic acids is 1. The fraction of sp³-hybridized carbons (Fsp3) is 0.0769. The van der Waals surface area contributed by atoms with Gasteiger partial charge in [0.05, 0.1) is 0 Å². The number of rotatable bonds is 2. The van der Waals surface area contributed by atoms with E-state index in [0.29, 0.717) is 5.69 Å². The van der Waals surface area contributed by atoms with Crippen LogP contribution in [0.25, 0.3) is 11.1 Å². The number of amides is 1. The summed E-state index contributed by atoms with van der Waals surface area (Å²) in [6, 6.07) is 11.7. The zero-order valence-corrected chi connectivity index (χ0v) is 8.97. The molecular formula is C13H12N2O. The first-order chi connectivity index (χ1) is 7.70. The van der Waals surface area contributed by atoms with Gasteiger partial charge >= 0.3 is 0 Å². The van der Waals surface area contributed by atoms with E-state index in [-0.39, 0.29) is 0 Å². The molecule has 0 fully saturated rings. The molecule has 1 heterocycles. The van der Waals surface area contributed by atoms with Crippen molar-refractivity contribution < 1.29 is 4.79 Å². The average molecular weight is 212 g/mol. The van der Waals surface area contributed by atoms with Crippen molar-refractivity contribution in [3.8, 4) is 11.1 Å². The van der Waals surface area contributed by atoms with Crippen molar-refractivity contribution in [3.63, 3.8) is 0 Å². The fourth-order valence-electron chi connectivity index (χ4n) is 1.71. The smallest absolute Gasteiger partial charge is 0.267 e. The summed E-state index contributed by atoms with van der Waals surface area (Å²) >= 11 is 0. The molecule has 0 aliphatic carbocycles. The van der Waals surface area contributed by atoms with Gasteiger partial charge in [0.25, 0.3) is 5.91 Å². The summed E-state index contributed by atoms with van der Waals surface area (Å²) < 4.78 is 0. The topological polar surface area (TPSA) is 56.0 Å². The van der Waals surface area contributed by atoms with E-state index >= 15 is 0 Å². The Balaban J connectivity index is 2.59. The Morgan fingerprint density at radius 1 is 1.19 bits per heavy atom. The van der Waals surface area contributed by atoms with Gasteiger partial charge in [-0.3, -0.25) is 9.78 Å². The molecule has 1 amide bonds. The molecular weight excluding hydrogens is 200 g/mol. The van der Waals surface area contributed by atoms with Gasteiger partial charge in [-0.1, -0.05) is 30.3 Å². The third-order valence-electron chi connectivity index (χ3n) is 2.52. The van der Waals surface area contributed by atoms with Crippen LogP contribution < -0.4 is 5.73 Å². The number of primary amides is 1. The Labute approximate surface area is 93.9 Å². The maximum atomic E-state index is 11.2. The third-order valence-corrected chi connectivity index (χ3v) is 2.52. The predicted molar refractivity (Wildman–Crippen MR) is 62.9 cm³/mol. The molecule has 2 rings (SSSR count). The Bertz CT molecular complexity index is 521. The highest BCUT2D eigenvalue weighted by atomic mass is 16.1. The molecule has 0 saturated carbocycles. The van der Waals surface area contributed by atoms with Crippen LogP contribution in [0.2, 0.25) is 0 Å². The average Bonchev–Trinajstić information content (AvgIpc) is 2.30. The van der Waals surface area contributed by atoms with E-state index in [1.165, 1.54) is 0 Å². The summed E-state index contributed by atoms with van der Waals surface area (Å²) in [5.41, 5.74) is 8.47. The van der Waals surface area contributed by atoms with Crippen LogP contribution in [-0.4, -0.2) is 10.9 Å². The van der Waals surface area contributed by atoms with Crippen LogP contribution in [-0.2, 0) is 0 Å². The van der Waals surface area contributed by atoms with E-state index in [4.69, 9.17) is 5.73 Å². The van der Waals surface area contributed by atoms with Crippen LogP contribution in [0.3, 0.4) is 0 Å². The van der Waals surface area contributed by atoms with Gasteiger partial charge in [-0.25, -0.2) is 0 Å². The van der Waals surface area contributed by atoms with Crippen LogP contribution in [0.15, 0.2) is 42.6 Å². The van der Waals surface area contributed by atoms with Crippen LogP contribution in [0.4, 0.5) is 0 Å². The fourth-order valence-corrected chi connectivity index (χ4v) is 1.71. The van der Waals surface area contributed by atoms with Gasteiger partial charge in [0.2, 0.25) is 0 Å². The Hall–Kier alpha value is -2.16. The predicted octanol–water partition coefficient (Wildman–Crippen LogP) is 2.16. The molecule has 16 heavy (non-hydrogen) atoms. The second-order valence-corrected chi connectivity index (χ2v) is 3.56. The molecule has 3 heteroatoms. The molecule has 80 valence electrons. The highest BCUT2D eigenvalue weighted by Crippen LogP contribution is 2.23. The normalized spacial score (nSPS) is 10.1. The van der Waals surface area contributed by atoms with Gasteiger partial charge in [0.15, 0.2) is 0 Å². The number of hydrogen-bond acceptors (Lipinski definition) is 2. The lowest BCUT2D eigenvalue weighted by atomic mass is 10.0. The minimum absolute atomic E-state index is 0.335. The zero-order valence-electron chi connectivity index (χ0n) is 8.97. The van der Waals surface area contributed by atoms with Gasteiger partial charge in [-0.15, -0.1) is 0 Å². The van der Waals surface area contributed by atoms with Gasteiger partial charge in [-0.2, -0.15) is 0 Å². The standard InChI is InChI=1S/C13H12N2O/c1-9-11(10-5-3-2-4-6-10)7-8-15-12(9)13(14)16/h2-8H,1H3,(H2,14,16). The first kappa shape index (κ1) is 10.4. The summed E-state index contributed by atoms with van der Waals surface area (Å²) in [7, 11) is 0. The number of nitrogens with zero attached hydrogens (tertiary/aromatic N) is 1.